The van der Waals surface area contributed by atoms with Gasteiger partial charge in [0, 0.05) is 29.1 Å². The molecule has 4 rings (SSSR count). The van der Waals surface area contributed by atoms with Crippen molar-refractivity contribution in [1.29, 1.82) is 0 Å². The van der Waals surface area contributed by atoms with E-state index in [0.717, 1.165) is 34.8 Å². The van der Waals surface area contributed by atoms with Gasteiger partial charge < -0.3 is 19.7 Å². The van der Waals surface area contributed by atoms with E-state index in [-0.39, 0.29) is 18.7 Å². The summed E-state index contributed by atoms with van der Waals surface area (Å²) in [5.41, 5.74) is 2.29. The molecule has 2 N–H and O–H groups in total. The molecular weight excluding hydrogens is 292 g/mol. The average Bonchev–Trinajstić information content (AvgIpc) is 3.18. The van der Waals surface area contributed by atoms with Crippen molar-refractivity contribution in [2.45, 2.75) is 18.9 Å². The molecular formula is C18H18N2O3. The summed E-state index contributed by atoms with van der Waals surface area (Å²) in [7, 11) is 0. The summed E-state index contributed by atoms with van der Waals surface area (Å²) in [6.07, 6.45) is 1.79. The highest BCUT2D eigenvalue weighted by Gasteiger charge is 2.28. The lowest BCUT2D eigenvalue weighted by Gasteiger charge is -2.23. The Bertz CT molecular complexity index is 871. The molecule has 1 aromatic heterocycles. The lowest BCUT2D eigenvalue weighted by molar-refractivity contribution is 0.166. The first kappa shape index (κ1) is 14.1. The highest BCUT2D eigenvalue weighted by atomic mass is 16.3. The van der Waals surface area contributed by atoms with Gasteiger partial charge in [0.25, 0.3) is 0 Å². The zero-order valence-electron chi connectivity index (χ0n) is 12.7. The number of aliphatic hydroxyl groups excluding tert-OH is 1. The van der Waals surface area contributed by atoms with Gasteiger partial charge in [-0.05, 0) is 31.0 Å². The number of likely N-dealkylation sites (tertiary alicyclic amines) is 1. The number of anilines is 1. The minimum absolute atomic E-state index is 0.00995. The molecule has 1 aliphatic heterocycles. The Hall–Kier alpha value is -2.53. The summed E-state index contributed by atoms with van der Waals surface area (Å²) in [4.78, 5) is 14.1. The van der Waals surface area contributed by atoms with Crippen molar-refractivity contribution in [2.24, 2.45) is 0 Å². The van der Waals surface area contributed by atoms with Gasteiger partial charge >= 0.3 is 6.03 Å². The third-order valence-corrected chi connectivity index (χ3v) is 4.48. The molecule has 0 aliphatic carbocycles. The predicted molar refractivity (Wildman–Crippen MR) is 89.6 cm³/mol. The summed E-state index contributed by atoms with van der Waals surface area (Å²) in [5, 5.41) is 14.3. The Kier molecular flexibility index (Phi) is 3.42. The molecule has 2 heterocycles. The fourth-order valence-corrected chi connectivity index (χ4v) is 3.29. The zero-order valence-corrected chi connectivity index (χ0v) is 12.7. The number of benzene rings is 2. The van der Waals surface area contributed by atoms with Crippen molar-refractivity contribution >= 4 is 33.7 Å². The Balaban J connectivity index is 1.62. The Morgan fingerprint density at radius 3 is 2.91 bits per heavy atom. The zero-order chi connectivity index (χ0) is 15.8. The van der Waals surface area contributed by atoms with Crippen molar-refractivity contribution in [3.63, 3.8) is 0 Å². The van der Waals surface area contributed by atoms with Crippen LogP contribution < -0.4 is 5.32 Å². The van der Waals surface area contributed by atoms with E-state index >= 15 is 0 Å². The highest BCUT2D eigenvalue weighted by molar-refractivity contribution is 6.06. The number of amides is 2. The van der Waals surface area contributed by atoms with Crippen molar-refractivity contribution in [3.05, 3.63) is 42.5 Å². The van der Waals surface area contributed by atoms with Crippen LogP contribution in [-0.2, 0) is 0 Å². The summed E-state index contributed by atoms with van der Waals surface area (Å²) in [5.74, 6) is 0. The number of carbonyl (C=O) groups is 1. The van der Waals surface area contributed by atoms with Gasteiger partial charge in [0.15, 0.2) is 0 Å². The van der Waals surface area contributed by atoms with Crippen LogP contribution in [0.3, 0.4) is 0 Å². The second kappa shape index (κ2) is 5.59. The molecule has 0 saturated carbocycles. The fraction of sp³-hybridized carbons (Fsp3) is 0.278. The lowest BCUT2D eigenvalue weighted by Crippen LogP contribution is -2.40. The van der Waals surface area contributed by atoms with E-state index in [0.29, 0.717) is 12.2 Å². The van der Waals surface area contributed by atoms with E-state index in [9.17, 15) is 9.90 Å². The van der Waals surface area contributed by atoms with Gasteiger partial charge in [-0.1, -0.05) is 18.2 Å². The topological polar surface area (TPSA) is 65.7 Å². The van der Waals surface area contributed by atoms with Crippen LogP contribution in [0, 0.1) is 0 Å². The van der Waals surface area contributed by atoms with Gasteiger partial charge in [-0.15, -0.1) is 0 Å². The molecule has 0 unspecified atom stereocenters. The van der Waals surface area contributed by atoms with E-state index in [1.54, 1.807) is 4.90 Å². The quantitative estimate of drug-likeness (QED) is 0.760. The van der Waals surface area contributed by atoms with Crippen LogP contribution >= 0.6 is 0 Å². The van der Waals surface area contributed by atoms with Gasteiger partial charge in [0.05, 0.1) is 12.6 Å². The molecule has 1 fully saturated rings. The minimum atomic E-state index is -0.169. The number of carbonyl (C=O) groups excluding carboxylic acids is 1. The molecule has 2 amide bonds. The maximum Gasteiger partial charge on any atom is 0.322 e. The lowest BCUT2D eigenvalue weighted by atomic mass is 10.1. The fourth-order valence-electron chi connectivity index (χ4n) is 3.29. The average molecular weight is 310 g/mol. The maximum absolute atomic E-state index is 12.4. The first-order valence-corrected chi connectivity index (χ1v) is 7.86. The maximum atomic E-state index is 12.4. The van der Waals surface area contributed by atoms with Crippen LogP contribution in [0.2, 0.25) is 0 Å². The number of aliphatic hydroxyl groups is 1. The third kappa shape index (κ3) is 2.43. The number of hydrogen-bond donors (Lipinski definition) is 2. The number of hydrogen-bond acceptors (Lipinski definition) is 3. The molecule has 1 saturated heterocycles. The van der Waals surface area contributed by atoms with Crippen molar-refractivity contribution in [2.75, 3.05) is 18.5 Å². The minimum Gasteiger partial charge on any atom is -0.456 e. The molecule has 5 nitrogen and oxygen atoms in total. The number of para-hydroxylation sites is 1. The van der Waals surface area contributed by atoms with Crippen molar-refractivity contribution < 1.29 is 14.3 Å². The molecule has 1 atom stereocenters. The largest absolute Gasteiger partial charge is 0.456 e. The predicted octanol–water partition coefficient (Wildman–Crippen LogP) is 3.57. The summed E-state index contributed by atoms with van der Waals surface area (Å²) < 4.78 is 5.84. The summed E-state index contributed by atoms with van der Waals surface area (Å²) >= 11 is 0. The van der Waals surface area contributed by atoms with Crippen LogP contribution in [0.5, 0.6) is 0 Å². The monoisotopic (exact) mass is 310 g/mol. The van der Waals surface area contributed by atoms with Gasteiger partial charge in [0.2, 0.25) is 0 Å². The Morgan fingerprint density at radius 2 is 2.04 bits per heavy atom. The van der Waals surface area contributed by atoms with E-state index < -0.39 is 0 Å². The normalized spacial score (nSPS) is 18.0. The third-order valence-electron chi connectivity index (χ3n) is 4.48. The van der Waals surface area contributed by atoms with Crippen molar-refractivity contribution in [1.82, 2.24) is 4.90 Å². The Labute approximate surface area is 133 Å². The number of furan rings is 1. The second-order valence-electron chi connectivity index (χ2n) is 5.91. The molecule has 118 valence electrons. The molecule has 1 aliphatic rings. The first-order valence-electron chi connectivity index (χ1n) is 7.86. The van der Waals surface area contributed by atoms with Gasteiger partial charge in [0.1, 0.15) is 11.2 Å². The number of rotatable bonds is 2. The van der Waals surface area contributed by atoms with E-state index in [1.165, 1.54) is 0 Å². The van der Waals surface area contributed by atoms with E-state index in [2.05, 4.69) is 5.32 Å². The van der Waals surface area contributed by atoms with Crippen LogP contribution in [0.1, 0.15) is 12.8 Å². The smallest absolute Gasteiger partial charge is 0.322 e. The molecule has 2 aromatic carbocycles. The number of fused-ring (bicyclic) bond motifs is 3. The molecule has 3 aromatic rings. The summed E-state index contributed by atoms with van der Waals surface area (Å²) in [6, 6.07) is 13.3. The summed E-state index contributed by atoms with van der Waals surface area (Å²) in [6.45, 7) is 0.694. The van der Waals surface area contributed by atoms with Crippen LogP contribution in [0.4, 0.5) is 10.5 Å². The highest BCUT2D eigenvalue weighted by Crippen LogP contribution is 2.30. The first-order chi connectivity index (χ1) is 11.3. The molecule has 0 spiro atoms. The number of nitrogens with one attached hydrogen (secondary N) is 1. The molecule has 0 radical (unpaired) electrons. The standard InChI is InChI=1S/C18H18N2O3/c21-11-13-4-3-9-20(13)18(22)19-12-7-8-15-14-5-1-2-6-16(14)23-17(15)10-12/h1-2,5-8,10,13,21H,3-4,9,11H2,(H,19,22)/t13-/m0/s1. The molecule has 5 heteroatoms. The van der Waals surface area contributed by atoms with Crippen LogP contribution in [-0.4, -0.2) is 35.2 Å². The Morgan fingerprint density at radius 1 is 1.22 bits per heavy atom. The molecule has 23 heavy (non-hydrogen) atoms. The van der Waals surface area contributed by atoms with Crippen molar-refractivity contribution in [3.8, 4) is 0 Å². The number of urea groups is 1. The van der Waals surface area contributed by atoms with Gasteiger partial charge in [-0.25, -0.2) is 4.79 Å². The number of nitrogens with zero attached hydrogens (tertiary/aromatic N) is 1. The van der Waals surface area contributed by atoms with E-state index in [4.69, 9.17) is 4.42 Å². The van der Waals surface area contributed by atoms with Crippen LogP contribution in [0.25, 0.3) is 21.9 Å². The SMILES string of the molecule is O=C(Nc1ccc2c(c1)oc1ccccc12)N1CCC[C@H]1CO. The van der Waals surface area contributed by atoms with E-state index in [1.807, 2.05) is 42.5 Å². The van der Waals surface area contributed by atoms with Gasteiger partial charge in [-0.2, -0.15) is 0 Å². The van der Waals surface area contributed by atoms with Gasteiger partial charge in [-0.3, -0.25) is 0 Å². The van der Waals surface area contributed by atoms with Crippen LogP contribution in [0.15, 0.2) is 46.9 Å². The molecule has 0 bridgehead atoms. The second-order valence-corrected chi connectivity index (χ2v) is 5.91.